The standard InChI is InChI=1S/C8H9Cl.C2H6/c1-6-3-4-8(9)7(2)5-6;1-2/h3-5H,1-2H3;1-2H3. The normalized spacial score (nSPS) is 8.45. The van der Waals surface area contributed by atoms with Crippen LogP contribution in [-0.4, -0.2) is 0 Å². The van der Waals surface area contributed by atoms with Crippen LogP contribution in [0.15, 0.2) is 18.2 Å². The molecule has 0 bridgehead atoms. The second-order valence-electron chi connectivity index (χ2n) is 2.25. The summed E-state index contributed by atoms with van der Waals surface area (Å²) in [5, 5.41) is 0.848. The van der Waals surface area contributed by atoms with Gasteiger partial charge in [-0.1, -0.05) is 43.1 Å². The zero-order valence-corrected chi connectivity index (χ0v) is 8.37. The molecule has 0 amide bonds. The van der Waals surface area contributed by atoms with Gasteiger partial charge in [0.15, 0.2) is 0 Å². The summed E-state index contributed by atoms with van der Waals surface area (Å²) in [6.07, 6.45) is 0. The van der Waals surface area contributed by atoms with Crippen LogP contribution in [0.4, 0.5) is 0 Å². The molecule has 0 unspecified atom stereocenters. The molecule has 0 fully saturated rings. The van der Waals surface area contributed by atoms with E-state index >= 15 is 0 Å². The Morgan fingerprint density at radius 1 is 1.09 bits per heavy atom. The Hall–Kier alpha value is -0.490. The first-order valence-electron chi connectivity index (χ1n) is 3.93. The highest BCUT2D eigenvalue weighted by Crippen LogP contribution is 2.14. The van der Waals surface area contributed by atoms with Crippen LogP contribution in [-0.2, 0) is 0 Å². The molecule has 1 rings (SSSR count). The lowest BCUT2D eigenvalue weighted by molar-refractivity contribution is 1.39. The van der Waals surface area contributed by atoms with Crippen molar-refractivity contribution in [3.05, 3.63) is 34.3 Å². The largest absolute Gasteiger partial charge is 0.0841 e. The Morgan fingerprint density at radius 3 is 2.00 bits per heavy atom. The summed E-state index contributed by atoms with van der Waals surface area (Å²) in [7, 11) is 0. The van der Waals surface area contributed by atoms with Crippen molar-refractivity contribution in [2.75, 3.05) is 0 Å². The number of rotatable bonds is 0. The van der Waals surface area contributed by atoms with E-state index < -0.39 is 0 Å². The molecular weight excluding hydrogens is 156 g/mol. The number of hydrogen-bond donors (Lipinski definition) is 0. The van der Waals surface area contributed by atoms with E-state index in [1.54, 1.807) is 0 Å². The first kappa shape index (κ1) is 10.5. The zero-order chi connectivity index (χ0) is 8.85. The molecule has 0 spiro atoms. The van der Waals surface area contributed by atoms with E-state index in [0.29, 0.717) is 0 Å². The van der Waals surface area contributed by atoms with Gasteiger partial charge >= 0.3 is 0 Å². The molecule has 0 aliphatic rings. The van der Waals surface area contributed by atoms with Gasteiger partial charge in [0, 0.05) is 5.02 Å². The third-order valence-electron chi connectivity index (χ3n) is 1.31. The van der Waals surface area contributed by atoms with Crippen molar-refractivity contribution >= 4 is 11.6 Å². The average molecular weight is 171 g/mol. The molecule has 0 saturated heterocycles. The molecule has 1 aromatic rings. The molecule has 0 heterocycles. The molecule has 0 N–H and O–H groups in total. The predicted molar refractivity (Wildman–Crippen MR) is 52.3 cm³/mol. The second kappa shape index (κ2) is 5.20. The van der Waals surface area contributed by atoms with E-state index in [-0.39, 0.29) is 0 Å². The van der Waals surface area contributed by atoms with Gasteiger partial charge in [-0.2, -0.15) is 0 Å². The fourth-order valence-corrected chi connectivity index (χ4v) is 0.912. The Bertz CT molecular complexity index is 216. The van der Waals surface area contributed by atoms with Crippen molar-refractivity contribution in [2.45, 2.75) is 27.7 Å². The van der Waals surface area contributed by atoms with Crippen LogP contribution in [0, 0.1) is 13.8 Å². The number of halogens is 1. The topological polar surface area (TPSA) is 0 Å². The summed E-state index contributed by atoms with van der Waals surface area (Å²) < 4.78 is 0. The number of benzene rings is 1. The van der Waals surface area contributed by atoms with E-state index in [9.17, 15) is 0 Å². The minimum Gasteiger partial charge on any atom is -0.0841 e. The Balaban J connectivity index is 0.000000461. The lowest BCUT2D eigenvalue weighted by Gasteiger charge is -1.96. The smallest absolute Gasteiger partial charge is 0.0435 e. The maximum atomic E-state index is 5.78. The van der Waals surface area contributed by atoms with Crippen molar-refractivity contribution in [1.29, 1.82) is 0 Å². The molecule has 1 aromatic carbocycles. The van der Waals surface area contributed by atoms with Crippen LogP contribution in [0.25, 0.3) is 0 Å². The van der Waals surface area contributed by atoms with Gasteiger partial charge in [0.2, 0.25) is 0 Å². The minimum atomic E-state index is 0.848. The molecule has 0 radical (unpaired) electrons. The molecule has 0 aromatic heterocycles. The Labute approximate surface area is 74.2 Å². The lowest BCUT2D eigenvalue weighted by Crippen LogP contribution is -1.75. The van der Waals surface area contributed by atoms with Crippen LogP contribution in [0.3, 0.4) is 0 Å². The highest BCUT2D eigenvalue weighted by atomic mass is 35.5. The molecule has 1 heteroatoms. The van der Waals surface area contributed by atoms with Gasteiger partial charge in [-0.3, -0.25) is 0 Å². The SMILES string of the molecule is CC.Cc1ccc(Cl)c(C)c1. The van der Waals surface area contributed by atoms with E-state index in [0.717, 1.165) is 10.6 Å². The van der Waals surface area contributed by atoms with Gasteiger partial charge in [-0.25, -0.2) is 0 Å². The van der Waals surface area contributed by atoms with Gasteiger partial charge < -0.3 is 0 Å². The molecular formula is C10H15Cl. The van der Waals surface area contributed by atoms with Gasteiger partial charge in [-0.15, -0.1) is 0 Å². The average Bonchev–Trinajstić information content (AvgIpc) is 2.02. The molecule has 11 heavy (non-hydrogen) atoms. The van der Waals surface area contributed by atoms with Crippen LogP contribution in [0.5, 0.6) is 0 Å². The third kappa shape index (κ3) is 3.43. The maximum Gasteiger partial charge on any atom is 0.0435 e. The molecule has 0 nitrogen and oxygen atoms in total. The summed E-state index contributed by atoms with van der Waals surface area (Å²) in [6, 6.07) is 6.00. The summed E-state index contributed by atoms with van der Waals surface area (Å²) in [5.41, 5.74) is 2.41. The molecule has 0 saturated carbocycles. The first-order chi connectivity index (χ1) is 5.20. The summed E-state index contributed by atoms with van der Waals surface area (Å²) in [6.45, 7) is 8.07. The Morgan fingerprint density at radius 2 is 1.64 bits per heavy atom. The highest BCUT2D eigenvalue weighted by Gasteiger charge is 1.91. The Kier molecular flexibility index (Phi) is 4.97. The number of hydrogen-bond acceptors (Lipinski definition) is 0. The summed E-state index contributed by atoms with van der Waals surface area (Å²) in [5.74, 6) is 0. The van der Waals surface area contributed by atoms with Crippen molar-refractivity contribution in [2.24, 2.45) is 0 Å². The first-order valence-corrected chi connectivity index (χ1v) is 4.30. The van der Waals surface area contributed by atoms with E-state index in [1.165, 1.54) is 5.56 Å². The highest BCUT2D eigenvalue weighted by molar-refractivity contribution is 6.31. The maximum absolute atomic E-state index is 5.78. The van der Waals surface area contributed by atoms with Gasteiger partial charge in [0.1, 0.15) is 0 Å². The zero-order valence-electron chi connectivity index (χ0n) is 7.61. The third-order valence-corrected chi connectivity index (χ3v) is 1.74. The van der Waals surface area contributed by atoms with E-state index in [1.807, 2.05) is 32.9 Å². The van der Waals surface area contributed by atoms with Gasteiger partial charge in [0.25, 0.3) is 0 Å². The molecule has 62 valence electrons. The quantitative estimate of drug-likeness (QED) is 0.553. The van der Waals surface area contributed by atoms with E-state index in [2.05, 4.69) is 13.0 Å². The monoisotopic (exact) mass is 170 g/mol. The fourth-order valence-electron chi connectivity index (χ4n) is 0.795. The fraction of sp³-hybridized carbons (Fsp3) is 0.400. The van der Waals surface area contributed by atoms with Gasteiger partial charge in [0.05, 0.1) is 0 Å². The lowest BCUT2D eigenvalue weighted by atomic mass is 10.2. The minimum absolute atomic E-state index is 0.848. The predicted octanol–water partition coefficient (Wildman–Crippen LogP) is 3.98. The van der Waals surface area contributed by atoms with Crippen LogP contribution >= 0.6 is 11.6 Å². The number of aryl methyl sites for hydroxylation is 2. The van der Waals surface area contributed by atoms with Crippen LogP contribution < -0.4 is 0 Å². The molecule has 0 atom stereocenters. The van der Waals surface area contributed by atoms with E-state index in [4.69, 9.17) is 11.6 Å². The molecule has 0 aliphatic carbocycles. The molecule has 0 aliphatic heterocycles. The summed E-state index contributed by atoms with van der Waals surface area (Å²) in [4.78, 5) is 0. The van der Waals surface area contributed by atoms with Crippen molar-refractivity contribution in [3.8, 4) is 0 Å². The van der Waals surface area contributed by atoms with Crippen molar-refractivity contribution < 1.29 is 0 Å². The van der Waals surface area contributed by atoms with Crippen LogP contribution in [0.2, 0.25) is 5.02 Å². The second-order valence-corrected chi connectivity index (χ2v) is 2.66. The summed E-state index contributed by atoms with van der Waals surface area (Å²) >= 11 is 5.78. The van der Waals surface area contributed by atoms with Crippen molar-refractivity contribution in [3.63, 3.8) is 0 Å². The van der Waals surface area contributed by atoms with Gasteiger partial charge in [-0.05, 0) is 25.5 Å². The van der Waals surface area contributed by atoms with Crippen molar-refractivity contribution in [1.82, 2.24) is 0 Å². The van der Waals surface area contributed by atoms with Crippen LogP contribution in [0.1, 0.15) is 25.0 Å².